The molecule has 0 aliphatic carbocycles. The first kappa shape index (κ1) is 15.8. The van der Waals surface area contributed by atoms with E-state index in [1.54, 1.807) is 30.3 Å². The highest BCUT2D eigenvalue weighted by molar-refractivity contribution is 9.10. The van der Waals surface area contributed by atoms with Crippen LogP contribution in [0.5, 0.6) is 0 Å². The summed E-state index contributed by atoms with van der Waals surface area (Å²) in [6.45, 7) is 0. The van der Waals surface area contributed by atoms with E-state index in [1.165, 1.54) is 6.07 Å². The van der Waals surface area contributed by atoms with Crippen molar-refractivity contribution < 1.29 is 9.50 Å². The van der Waals surface area contributed by atoms with Gasteiger partial charge in [0.2, 0.25) is 0 Å². The number of halogens is 4. The van der Waals surface area contributed by atoms with Crippen LogP contribution >= 0.6 is 39.1 Å². The van der Waals surface area contributed by atoms with Crippen LogP contribution in [0.15, 0.2) is 40.9 Å². The molecule has 2 aromatic rings. The quantitative estimate of drug-likeness (QED) is 0.791. The van der Waals surface area contributed by atoms with Crippen molar-refractivity contribution in [2.75, 3.05) is 0 Å². The summed E-state index contributed by atoms with van der Waals surface area (Å²) in [5.74, 6) is -0.344. The minimum absolute atomic E-state index is 0.209. The standard InChI is InChI=1S/C15H12BrCl2FO/c16-10-5-4-9(15(19)7-10)6-11(20)8-12-13(17)2-1-3-14(12)18/h1-5,7,11,20H,6,8H2. The van der Waals surface area contributed by atoms with Crippen molar-refractivity contribution in [3.63, 3.8) is 0 Å². The summed E-state index contributed by atoms with van der Waals surface area (Å²) in [7, 11) is 0. The Kier molecular flexibility index (Phi) is 5.44. The summed E-state index contributed by atoms with van der Waals surface area (Å²) in [4.78, 5) is 0. The van der Waals surface area contributed by atoms with Crippen molar-refractivity contribution in [2.45, 2.75) is 18.9 Å². The first-order valence-corrected chi connectivity index (χ1v) is 7.57. The fourth-order valence-corrected chi connectivity index (χ4v) is 2.86. The number of aliphatic hydroxyl groups is 1. The van der Waals surface area contributed by atoms with E-state index in [-0.39, 0.29) is 18.7 Å². The molecule has 1 nitrogen and oxygen atoms in total. The van der Waals surface area contributed by atoms with Gasteiger partial charge in [0.15, 0.2) is 0 Å². The highest BCUT2D eigenvalue weighted by Gasteiger charge is 2.14. The van der Waals surface area contributed by atoms with E-state index in [0.717, 1.165) is 0 Å². The third-order valence-corrected chi connectivity index (χ3v) is 4.17. The van der Waals surface area contributed by atoms with Crippen molar-refractivity contribution in [3.8, 4) is 0 Å². The molecule has 0 radical (unpaired) electrons. The molecule has 0 bridgehead atoms. The largest absolute Gasteiger partial charge is 0.392 e. The van der Waals surface area contributed by atoms with Gasteiger partial charge in [-0.2, -0.15) is 0 Å². The van der Waals surface area contributed by atoms with Gasteiger partial charge in [-0.05, 0) is 35.4 Å². The van der Waals surface area contributed by atoms with Crippen LogP contribution in [-0.4, -0.2) is 11.2 Å². The molecular formula is C15H12BrCl2FO. The Labute approximate surface area is 135 Å². The molecule has 0 saturated heterocycles. The Hall–Kier alpha value is -0.610. The van der Waals surface area contributed by atoms with Gasteiger partial charge in [0, 0.05) is 27.4 Å². The van der Waals surface area contributed by atoms with E-state index in [4.69, 9.17) is 23.2 Å². The molecule has 1 N–H and O–H groups in total. The Balaban J connectivity index is 2.11. The predicted molar refractivity (Wildman–Crippen MR) is 84.0 cm³/mol. The Bertz CT molecular complexity index is 599. The summed E-state index contributed by atoms with van der Waals surface area (Å²) in [6.07, 6.45) is -0.252. The average molecular weight is 378 g/mol. The van der Waals surface area contributed by atoms with Crippen molar-refractivity contribution in [1.82, 2.24) is 0 Å². The first-order valence-electron chi connectivity index (χ1n) is 6.02. The predicted octanol–water partition coefficient (Wildman–Crippen LogP) is 5.04. The minimum atomic E-state index is -0.747. The van der Waals surface area contributed by atoms with Gasteiger partial charge in [-0.1, -0.05) is 51.3 Å². The fraction of sp³-hybridized carbons (Fsp3) is 0.200. The second kappa shape index (κ2) is 6.90. The van der Waals surface area contributed by atoms with Crippen molar-refractivity contribution >= 4 is 39.1 Å². The van der Waals surface area contributed by atoms with Crippen molar-refractivity contribution in [2.24, 2.45) is 0 Å². The van der Waals surface area contributed by atoms with Gasteiger partial charge >= 0.3 is 0 Å². The zero-order chi connectivity index (χ0) is 14.7. The average Bonchev–Trinajstić information content (AvgIpc) is 2.37. The lowest BCUT2D eigenvalue weighted by atomic mass is 10.0. The molecule has 2 rings (SSSR count). The van der Waals surface area contributed by atoms with Crippen LogP contribution in [0.4, 0.5) is 4.39 Å². The molecule has 0 amide bonds. The van der Waals surface area contributed by atoms with Crippen LogP contribution in [0.2, 0.25) is 10.0 Å². The second-order valence-corrected chi connectivity index (χ2v) is 6.23. The van der Waals surface area contributed by atoms with Crippen LogP contribution < -0.4 is 0 Å². The molecule has 0 fully saturated rings. The monoisotopic (exact) mass is 376 g/mol. The van der Waals surface area contributed by atoms with Crippen LogP contribution in [0.25, 0.3) is 0 Å². The molecule has 5 heteroatoms. The van der Waals surface area contributed by atoms with Gasteiger partial charge < -0.3 is 5.11 Å². The van der Waals surface area contributed by atoms with E-state index in [0.29, 0.717) is 25.6 Å². The molecule has 0 aromatic heterocycles. The molecular weight excluding hydrogens is 366 g/mol. The lowest BCUT2D eigenvalue weighted by Crippen LogP contribution is -2.15. The van der Waals surface area contributed by atoms with Gasteiger partial charge in [-0.25, -0.2) is 4.39 Å². The maximum absolute atomic E-state index is 13.7. The first-order chi connectivity index (χ1) is 9.47. The van der Waals surface area contributed by atoms with Gasteiger partial charge in [-0.15, -0.1) is 0 Å². The number of benzene rings is 2. The molecule has 0 heterocycles. The topological polar surface area (TPSA) is 20.2 Å². The Morgan fingerprint density at radius 2 is 1.75 bits per heavy atom. The highest BCUT2D eigenvalue weighted by Crippen LogP contribution is 2.26. The lowest BCUT2D eigenvalue weighted by molar-refractivity contribution is 0.174. The summed E-state index contributed by atoms with van der Waals surface area (Å²) in [6, 6.07) is 9.95. The zero-order valence-corrected chi connectivity index (χ0v) is 13.5. The van der Waals surface area contributed by atoms with Gasteiger partial charge in [0.05, 0.1) is 6.10 Å². The van der Waals surface area contributed by atoms with E-state index >= 15 is 0 Å². The fourth-order valence-electron chi connectivity index (χ4n) is 1.98. The molecule has 0 spiro atoms. The van der Waals surface area contributed by atoms with E-state index in [1.807, 2.05) is 0 Å². The summed E-state index contributed by atoms with van der Waals surface area (Å²) in [5, 5.41) is 11.1. The summed E-state index contributed by atoms with van der Waals surface area (Å²) >= 11 is 15.3. The van der Waals surface area contributed by atoms with Gasteiger partial charge in [0.25, 0.3) is 0 Å². The maximum atomic E-state index is 13.7. The van der Waals surface area contributed by atoms with E-state index < -0.39 is 6.10 Å². The van der Waals surface area contributed by atoms with Gasteiger partial charge in [-0.3, -0.25) is 0 Å². The molecule has 0 aliphatic heterocycles. The smallest absolute Gasteiger partial charge is 0.127 e. The summed E-state index contributed by atoms with van der Waals surface area (Å²) < 4.78 is 14.4. The maximum Gasteiger partial charge on any atom is 0.127 e. The van der Waals surface area contributed by atoms with Crippen LogP contribution in [0, 0.1) is 5.82 Å². The van der Waals surface area contributed by atoms with Crippen molar-refractivity contribution in [1.29, 1.82) is 0 Å². The zero-order valence-electron chi connectivity index (χ0n) is 10.4. The number of rotatable bonds is 4. The minimum Gasteiger partial charge on any atom is -0.392 e. The SMILES string of the molecule is OC(Cc1ccc(Br)cc1F)Cc1c(Cl)cccc1Cl. The molecule has 106 valence electrons. The normalized spacial score (nSPS) is 12.4. The Morgan fingerprint density at radius 1 is 1.10 bits per heavy atom. The Morgan fingerprint density at radius 3 is 2.35 bits per heavy atom. The number of hydrogen-bond donors (Lipinski definition) is 1. The highest BCUT2D eigenvalue weighted by atomic mass is 79.9. The molecule has 1 atom stereocenters. The summed E-state index contributed by atoms with van der Waals surface area (Å²) in [5.41, 5.74) is 1.14. The van der Waals surface area contributed by atoms with Crippen molar-refractivity contribution in [3.05, 3.63) is 67.9 Å². The van der Waals surface area contributed by atoms with Crippen LogP contribution in [0.1, 0.15) is 11.1 Å². The third kappa shape index (κ3) is 3.95. The van der Waals surface area contributed by atoms with E-state index in [2.05, 4.69) is 15.9 Å². The number of hydrogen-bond acceptors (Lipinski definition) is 1. The second-order valence-electron chi connectivity index (χ2n) is 4.50. The third-order valence-electron chi connectivity index (χ3n) is 2.97. The molecule has 2 aromatic carbocycles. The van der Waals surface area contributed by atoms with E-state index in [9.17, 15) is 9.50 Å². The van der Waals surface area contributed by atoms with Crippen LogP contribution in [0.3, 0.4) is 0 Å². The molecule has 20 heavy (non-hydrogen) atoms. The van der Waals surface area contributed by atoms with Crippen LogP contribution in [-0.2, 0) is 12.8 Å². The molecule has 0 aliphatic rings. The molecule has 1 unspecified atom stereocenters. The number of aliphatic hydroxyl groups excluding tert-OH is 1. The van der Waals surface area contributed by atoms with Gasteiger partial charge in [0.1, 0.15) is 5.82 Å². The lowest BCUT2D eigenvalue weighted by Gasteiger charge is -2.14. The molecule has 0 saturated carbocycles.